The molecule has 6 heteroatoms. The summed E-state index contributed by atoms with van der Waals surface area (Å²) in [6.07, 6.45) is 4.61. The Morgan fingerprint density at radius 3 is 2.86 bits per heavy atom. The standard InChI is InChI=1S/C15H22N2O4/c1-3-4-8-20-12-11(18)5-9-21-13(12)14(19)17-15(6-7-15)10(2)16/h5,9-10H,3-4,6-8,16H2,1-2H3,(H,17,19)/t10-/m0/s1. The second-order valence-electron chi connectivity index (χ2n) is 5.54. The third-order valence-corrected chi connectivity index (χ3v) is 3.81. The lowest BCUT2D eigenvalue weighted by molar-refractivity contribution is 0.0887. The molecule has 0 spiro atoms. The smallest absolute Gasteiger partial charge is 0.291 e. The van der Waals surface area contributed by atoms with Gasteiger partial charge < -0.3 is 20.2 Å². The maximum atomic E-state index is 12.3. The van der Waals surface area contributed by atoms with Gasteiger partial charge in [-0.15, -0.1) is 0 Å². The number of carbonyl (C=O) groups excluding carboxylic acids is 1. The van der Waals surface area contributed by atoms with Crippen molar-refractivity contribution in [1.82, 2.24) is 5.32 Å². The normalized spacial score (nSPS) is 17.1. The Balaban J connectivity index is 2.17. The molecule has 1 fully saturated rings. The van der Waals surface area contributed by atoms with Crippen molar-refractivity contribution in [3.8, 4) is 5.75 Å². The Bertz CT molecular complexity index is 561. The van der Waals surface area contributed by atoms with E-state index in [2.05, 4.69) is 5.32 Å². The molecule has 3 N–H and O–H groups in total. The molecule has 1 aliphatic carbocycles. The number of nitrogens with one attached hydrogen (secondary N) is 1. The minimum absolute atomic E-state index is 0.0241. The first-order valence-electron chi connectivity index (χ1n) is 7.33. The molecule has 1 atom stereocenters. The van der Waals surface area contributed by atoms with E-state index < -0.39 is 5.91 Å². The number of ether oxygens (including phenoxy) is 1. The van der Waals surface area contributed by atoms with Gasteiger partial charge in [0.1, 0.15) is 0 Å². The van der Waals surface area contributed by atoms with Crippen LogP contribution in [0.5, 0.6) is 5.75 Å². The molecule has 1 amide bonds. The van der Waals surface area contributed by atoms with E-state index in [-0.39, 0.29) is 28.5 Å². The quantitative estimate of drug-likeness (QED) is 0.742. The minimum atomic E-state index is -0.450. The van der Waals surface area contributed by atoms with Gasteiger partial charge in [0.15, 0.2) is 0 Å². The van der Waals surface area contributed by atoms with Gasteiger partial charge >= 0.3 is 0 Å². The molecule has 0 aromatic carbocycles. The molecular weight excluding hydrogens is 272 g/mol. The summed E-state index contributed by atoms with van der Waals surface area (Å²) in [6.45, 7) is 4.25. The van der Waals surface area contributed by atoms with Crippen molar-refractivity contribution >= 4 is 5.91 Å². The molecule has 0 radical (unpaired) electrons. The highest BCUT2D eigenvalue weighted by Gasteiger charge is 2.48. The van der Waals surface area contributed by atoms with Crippen LogP contribution in [0.15, 0.2) is 21.5 Å². The molecule has 0 aliphatic heterocycles. The number of amides is 1. The number of carbonyl (C=O) groups is 1. The van der Waals surface area contributed by atoms with E-state index in [1.807, 2.05) is 13.8 Å². The minimum Gasteiger partial charge on any atom is -0.486 e. The summed E-state index contributed by atoms with van der Waals surface area (Å²) in [5, 5.41) is 2.86. The van der Waals surface area contributed by atoms with Crippen LogP contribution < -0.4 is 21.2 Å². The van der Waals surface area contributed by atoms with Crippen molar-refractivity contribution in [2.45, 2.75) is 51.1 Å². The van der Waals surface area contributed by atoms with Gasteiger partial charge in [0, 0.05) is 12.1 Å². The topological polar surface area (TPSA) is 94.6 Å². The first-order valence-corrected chi connectivity index (χ1v) is 7.33. The SMILES string of the molecule is CCCCOc1c(C(=O)NC2([C@H](C)N)CC2)occc1=O. The number of rotatable bonds is 7. The number of unbranched alkanes of at least 4 members (excludes halogenated alkanes) is 1. The highest BCUT2D eigenvalue weighted by Crippen LogP contribution is 2.38. The van der Waals surface area contributed by atoms with Crippen LogP contribution >= 0.6 is 0 Å². The van der Waals surface area contributed by atoms with Gasteiger partial charge in [-0.05, 0) is 26.2 Å². The van der Waals surface area contributed by atoms with Gasteiger partial charge in [0.2, 0.25) is 16.9 Å². The molecule has 6 nitrogen and oxygen atoms in total. The highest BCUT2D eigenvalue weighted by atomic mass is 16.5. The molecule has 1 heterocycles. The van der Waals surface area contributed by atoms with Crippen molar-refractivity contribution < 1.29 is 13.9 Å². The average Bonchev–Trinajstić information content (AvgIpc) is 3.21. The lowest BCUT2D eigenvalue weighted by Gasteiger charge is -2.21. The van der Waals surface area contributed by atoms with E-state index in [0.29, 0.717) is 6.61 Å². The van der Waals surface area contributed by atoms with Gasteiger partial charge in [-0.1, -0.05) is 13.3 Å². The van der Waals surface area contributed by atoms with Crippen LogP contribution in [-0.4, -0.2) is 24.1 Å². The number of hydrogen-bond acceptors (Lipinski definition) is 5. The van der Waals surface area contributed by atoms with Crippen molar-refractivity contribution in [2.24, 2.45) is 5.73 Å². The zero-order chi connectivity index (χ0) is 15.5. The molecule has 2 rings (SSSR count). The zero-order valence-corrected chi connectivity index (χ0v) is 12.5. The first kappa shape index (κ1) is 15.6. The summed E-state index contributed by atoms with van der Waals surface area (Å²) in [7, 11) is 0. The van der Waals surface area contributed by atoms with Crippen LogP contribution in [0.2, 0.25) is 0 Å². The summed E-state index contributed by atoms with van der Waals surface area (Å²) in [5.74, 6) is -0.552. The Hall–Kier alpha value is -1.82. The van der Waals surface area contributed by atoms with Gasteiger partial charge in [-0.25, -0.2) is 0 Å². The first-order chi connectivity index (χ1) is 10.00. The van der Waals surface area contributed by atoms with E-state index >= 15 is 0 Å². The Morgan fingerprint density at radius 1 is 1.57 bits per heavy atom. The third kappa shape index (κ3) is 3.44. The van der Waals surface area contributed by atoms with E-state index in [0.717, 1.165) is 25.7 Å². The third-order valence-electron chi connectivity index (χ3n) is 3.81. The molecule has 0 bridgehead atoms. The van der Waals surface area contributed by atoms with Crippen molar-refractivity contribution in [3.05, 3.63) is 28.3 Å². The van der Waals surface area contributed by atoms with Crippen LogP contribution in [0.25, 0.3) is 0 Å². The van der Waals surface area contributed by atoms with Crippen LogP contribution in [0.1, 0.15) is 50.1 Å². The second kappa shape index (κ2) is 6.30. The van der Waals surface area contributed by atoms with Gasteiger partial charge in [-0.3, -0.25) is 9.59 Å². The summed E-state index contributed by atoms with van der Waals surface area (Å²) in [4.78, 5) is 24.2. The molecule has 116 valence electrons. The fraction of sp³-hybridized carbons (Fsp3) is 0.600. The van der Waals surface area contributed by atoms with Gasteiger partial charge in [0.05, 0.1) is 18.4 Å². The summed E-state index contributed by atoms with van der Waals surface area (Å²) in [6, 6.07) is 1.10. The monoisotopic (exact) mass is 294 g/mol. The number of hydrogen-bond donors (Lipinski definition) is 2. The molecule has 1 aromatic rings. The second-order valence-corrected chi connectivity index (χ2v) is 5.54. The van der Waals surface area contributed by atoms with E-state index in [4.69, 9.17) is 14.9 Å². The molecule has 0 saturated heterocycles. The lowest BCUT2D eigenvalue weighted by atomic mass is 10.1. The molecule has 1 aromatic heterocycles. The average molecular weight is 294 g/mol. The summed E-state index contributed by atoms with van der Waals surface area (Å²) in [5.41, 5.74) is 5.15. The van der Waals surface area contributed by atoms with E-state index in [9.17, 15) is 9.59 Å². The maximum Gasteiger partial charge on any atom is 0.291 e. The Kier molecular flexibility index (Phi) is 4.67. The van der Waals surface area contributed by atoms with Gasteiger partial charge in [-0.2, -0.15) is 0 Å². The molecule has 0 unspecified atom stereocenters. The van der Waals surface area contributed by atoms with Crippen LogP contribution in [0.4, 0.5) is 0 Å². The fourth-order valence-corrected chi connectivity index (χ4v) is 2.13. The lowest BCUT2D eigenvalue weighted by Crippen LogP contribution is -2.48. The van der Waals surface area contributed by atoms with Crippen molar-refractivity contribution in [2.75, 3.05) is 6.61 Å². The van der Waals surface area contributed by atoms with E-state index in [1.54, 1.807) is 0 Å². The molecule has 1 aliphatic rings. The van der Waals surface area contributed by atoms with Crippen molar-refractivity contribution in [3.63, 3.8) is 0 Å². The predicted octanol–water partition coefficient (Wildman–Crippen LogP) is 1.43. The summed E-state index contributed by atoms with van der Waals surface area (Å²) < 4.78 is 10.6. The fourth-order valence-electron chi connectivity index (χ4n) is 2.13. The summed E-state index contributed by atoms with van der Waals surface area (Å²) >= 11 is 0. The molecule has 1 saturated carbocycles. The zero-order valence-electron chi connectivity index (χ0n) is 12.5. The van der Waals surface area contributed by atoms with Gasteiger partial charge in [0.25, 0.3) is 5.91 Å². The van der Waals surface area contributed by atoms with Crippen molar-refractivity contribution in [1.29, 1.82) is 0 Å². The van der Waals surface area contributed by atoms with E-state index in [1.165, 1.54) is 12.3 Å². The maximum absolute atomic E-state index is 12.3. The highest BCUT2D eigenvalue weighted by molar-refractivity contribution is 5.94. The predicted molar refractivity (Wildman–Crippen MR) is 78.5 cm³/mol. The molecular formula is C15H22N2O4. The Morgan fingerprint density at radius 2 is 2.29 bits per heavy atom. The molecule has 21 heavy (non-hydrogen) atoms. The largest absolute Gasteiger partial charge is 0.486 e. The Labute approximate surface area is 123 Å². The number of nitrogens with two attached hydrogens (primary N) is 1. The van der Waals surface area contributed by atoms with Crippen LogP contribution in [0.3, 0.4) is 0 Å². The van der Waals surface area contributed by atoms with Crippen LogP contribution in [0, 0.1) is 0 Å². The van der Waals surface area contributed by atoms with Crippen LogP contribution in [-0.2, 0) is 0 Å².